The number of amides is 1. The Morgan fingerprint density at radius 1 is 1.29 bits per heavy atom. The van der Waals surface area contributed by atoms with Crippen molar-refractivity contribution in [3.63, 3.8) is 0 Å². The molecule has 7 heteroatoms. The number of hydrazone groups is 1. The van der Waals surface area contributed by atoms with Crippen molar-refractivity contribution in [1.29, 1.82) is 0 Å². The summed E-state index contributed by atoms with van der Waals surface area (Å²) in [6.07, 6.45) is 1.58. The molecule has 0 aliphatic carbocycles. The van der Waals surface area contributed by atoms with Crippen LogP contribution >= 0.6 is 0 Å². The van der Waals surface area contributed by atoms with Gasteiger partial charge in [0.15, 0.2) is 11.5 Å². The fourth-order valence-corrected chi connectivity index (χ4v) is 2.17. The summed E-state index contributed by atoms with van der Waals surface area (Å²) in [4.78, 5) is 13.8. The molecule has 0 spiro atoms. The summed E-state index contributed by atoms with van der Waals surface area (Å²) in [5.41, 5.74) is 3.36. The third-order valence-corrected chi connectivity index (χ3v) is 3.27. The maximum atomic E-state index is 11.7. The second-order valence-corrected chi connectivity index (χ2v) is 4.79. The molecule has 1 amide bonds. The number of benzene rings is 1. The minimum atomic E-state index is -0.131. The number of nitrogens with zero attached hydrogens (tertiary/aromatic N) is 2. The zero-order valence-electron chi connectivity index (χ0n) is 11.6. The van der Waals surface area contributed by atoms with Crippen LogP contribution in [0.4, 0.5) is 0 Å². The van der Waals surface area contributed by atoms with E-state index in [1.807, 2.05) is 23.1 Å². The lowest BCUT2D eigenvalue weighted by Crippen LogP contribution is -2.42. The first-order chi connectivity index (χ1) is 10.3. The highest BCUT2D eigenvalue weighted by Gasteiger charge is 2.14. The minimum Gasteiger partial charge on any atom is -0.454 e. The van der Waals surface area contributed by atoms with E-state index in [1.54, 1.807) is 6.21 Å². The molecule has 0 aromatic heterocycles. The van der Waals surface area contributed by atoms with E-state index in [9.17, 15) is 4.79 Å². The van der Waals surface area contributed by atoms with Gasteiger partial charge in [0.2, 0.25) is 6.79 Å². The number of fused-ring (bicyclic) bond motifs is 1. The third-order valence-electron chi connectivity index (χ3n) is 3.27. The number of carbonyl (C=O) groups excluding carboxylic acids is 1. The number of carbonyl (C=O) groups is 1. The lowest BCUT2D eigenvalue weighted by atomic mass is 10.2. The van der Waals surface area contributed by atoms with E-state index in [2.05, 4.69) is 10.5 Å². The molecule has 0 atom stereocenters. The number of rotatable bonds is 4. The molecule has 0 unspecified atom stereocenters. The fourth-order valence-electron chi connectivity index (χ4n) is 2.17. The highest BCUT2D eigenvalue weighted by atomic mass is 16.7. The molecule has 2 heterocycles. The van der Waals surface area contributed by atoms with Crippen LogP contribution in [-0.2, 0) is 9.53 Å². The van der Waals surface area contributed by atoms with Gasteiger partial charge in [-0.2, -0.15) is 5.10 Å². The van der Waals surface area contributed by atoms with Gasteiger partial charge in [0.1, 0.15) is 0 Å². The summed E-state index contributed by atoms with van der Waals surface area (Å²) in [7, 11) is 0. The van der Waals surface area contributed by atoms with Crippen LogP contribution < -0.4 is 14.9 Å². The van der Waals surface area contributed by atoms with Gasteiger partial charge in [0, 0.05) is 13.1 Å². The van der Waals surface area contributed by atoms with Crippen molar-refractivity contribution in [2.75, 3.05) is 39.6 Å². The van der Waals surface area contributed by atoms with Crippen LogP contribution in [0.2, 0.25) is 0 Å². The van der Waals surface area contributed by atoms with Crippen molar-refractivity contribution in [1.82, 2.24) is 10.3 Å². The molecule has 0 radical (unpaired) electrons. The van der Waals surface area contributed by atoms with Crippen LogP contribution in [0, 0.1) is 0 Å². The molecular weight excluding hydrogens is 274 g/mol. The third kappa shape index (κ3) is 3.71. The topological polar surface area (TPSA) is 72.4 Å². The highest BCUT2D eigenvalue weighted by molar-refractivity contribution is 5.83. The van der Waals surface area contributed by atoms with Crippen LogP contribution in [0.5, 0.6) is 11.5 Å². The van der Waals surface area contributed by atoms with Gasteiger partial charge in [-0.3, -0.25) is 9.69 Å². The molecular formula is C14H17N3O4. The van der Waals surface area contributed by atoms with E-state index < -0.39 is 0 Å². The maximum Gasteiger partial charge on any atom is 0.254 e. The normalized spacial score (nSPS) is 18.1. The van der Waals surface area contributed by atoms with Gasteiger partial charge in [-0.1, -0.05) is 0 Å². The molecule has 0 bridgehead atoms. The van der Waals surface area contributed by atoms with Gasteiger partial charge in [-0.15, -0.1) is 0 Å². The molecule has 0 saturated carbocycles. The van der Waals surface area contributed by atoms with Crippen molar-refractivity contribution < 1.29 is 19.0 Å². The molecule has 1 N–H and O–H groups in total. The number of nitrogens with one attached hydrogen (secondary N) is 1. The first kappa shape index (κ1) is 13.8. The molecule has 3 rings (SSSR count). The van der Waals surface area contributed by atoms with Crippen molar-refractivity contribution in [2.24, 2.45) is 5.10 Å². The highest BCUT2D eigenvalue weighted by Crippen LogP contribution is 2.31. The fraction of sp³-hybridized carbons (Fsp3) is 0.429. The predicted octanol–water partition coefficient (Wildman–Crippen LogP) is 0.198. The number of ether oxygens (including phenoxy) is 3. The molecule has 1 saturated heterocycles. The van der Waals surface area contributed by atoms with Crippen LogP contribution in [-0.4, -0.2) is 56.7 Å². The molecule has 21 heavy (non-hydrogen) atoms. The monoisotopic (exact) mass is 291 g/mol. The average molecular weight is 291 g/mol. The Labute approximate surface area is 122 Å². The molecule has 1 fully saturated rings. The lowest BCUT2D eigenvalue weighted by Gasteiger charge is -2.25. The standard InChI is InChI=1S/C14H17N3O4/c18-14(9-17-3-5-19-6-4-17)16-15-8-11-1-2-12-13(7-11)21-10-20-12/h1-2,7-8H,3-6,9-10H2,(H,16,18)/b15-8-. The molecule has 112 valence electrons. The molecule has 1 aromatic carbocycles. The Bertz CT molecular complexity index is 541. The quantitative estimate of drug-likeness (QED) is 0.633. The maximum absolute atomic E-state index is 11.7. The number of hydrogen-bond acceptors (Lipinski definition) is 6. The summed E-state index contributed by atoms with van der Waals surface area (Å²) < 4.78 is 15.7. The molecule has 2 aliphatic rings. The summed E-state index contributed by atoms with van der Waals surface area (Å²) in [6.45, 7) is 3.48. The van der Waals surface area contributed by atoms with Crippen molar-refractivity contribution in [3.05, 3.63) is 23.8 Å². The zero-order valence-corrected chi connectivity index (χ0v) is 11.6. The largest absolute Gasteiger partial charge is 0.454 e. The Morgan fingerprint density at radius 2 is 2.10 bits per heavy atom. The molecule has 1 aromatic rings. The van der Waals surface area contributed by atoms with Crippen molar-refractivity contribution in [3.8, 4) is 11.5 Å². The Kier molecular flexibility index (Phi) is 4.32. The smallest absolute Gasteiger partial charge is 0.254 e. The van der Waals surface area contributed by atoms with E-state index in [0.29, 0.717) is 25.5 Å². The Morgan fingerprint density at radius 3 is 2.95 bits per heavy atom. The van der Waals surface area contributed by atoms with E-state index >= 15 is 0 Å². The van der Waals surface area contributed by atoms with Crippen LogP contribution in [0.15, 0.2) is 23.3 Å². The SMILES string of the molecule is O=C(CN1CCOCC1)N/N=C\c1ccc2c(c1)OCO2. The van der Waals surface area contributed by atoms with E-state index in [1.165, 1.54) is 0 Å². The van der Waals surface area contributed by atoms with Gasteiger partial charge in [-0.05, 0) is 23.8 Å². The molecule has 7 nitrogen and oxygen atoms in total. The van der Waals surface area contributed by atoms with Crippen LogP contribution in [0.1, 0.15) is 5.56 Å². The first-order valence-corrected chi connectivity index (χ1v) is 6.83. The average Bonchev–Trinajstić information content (AvgIpc) is 2.96. The van der Waals surface area contributed by atoms with Gasteiger partial charge < -0.3 is 14.2 Å². The van der Waals surface area contributed by atoms with Crippen LogP contribution in [0.3, 0.4) is 0 Å². The zero-order chi connectivity index (χ0) is 14.5. The second-order valence-electron chi connectivity index (χ2n) is 4.79. The molecule has 2 aliphatic heterocycles. The Balaban J connectivity index is 1.48. The summed E-state index contributed by atoms with van der Waals surface area (Å²) in [5.74, 6) is 1.29. The van der Waals surface area contributed by atoms with Crippen molar-refractivity contribution >= 4 is 12.1 Å². The number of morpholine rings is 1. The van der Waals surface area contributed by atoms with Gasteiger partial charge in [0.05, 0.1) is 26.0 Å². The summed E-state index contributed by atoms with van der Waals surface area (Å²) in [6, 6.07) is 5.49. The number of hydrogen-bond donors (Lipinski definition) is 1. The van der Waals surface area contributed by atoms with Crippen LogP contribution in [0.25, 0.3) is 0 Å². The second kappa shape index (κ2) is 6.55. The first-order valence-electron chi connectivity index (χ1n) is 6.83. The Hall–Kier alpha value is -2.12. The summed E-state index contributed by atoms with van der Waals surface area (Å²) >= 11 is 0. The van der Waals surface area contributed by atoms with Gasteiger partial charge in [-0.25, -0.2) is 5.43 Å². The van der Waals surface area contributed by atoms with Crippen molar-refractivity contribution in [2.45, 2.75) is 0 Å². The van der Waals surface area contributed by atoms with Gasteiger partial charge in [0.25, 0.3) is 5.91 Å². The summed E-state index contributed by atoms with van der Waals surface area (Å²) in [5, 5.41) is 3.95. The van der Waals surface area contributed by atoms with E-state index in [4.69, 9.17) is 14.2 Å². The predicted molar refractivity (Wildman–Crippen MR) is 75.6 cm³/mol. The van der Waals surface area contributed by atoms with Gasteiger partial charge >= 0.3 is 0 Å². The van der Waals surface area contributed by atoms with E-state index in [-0.39, 0.29) is 12.7 Å². The van der Waals surface area contributed by atoms with E-state index in [0.717, 1.165) is 24.4 Å². The lowest BCUT2D eigenvalue weighted by molar-refractivity contribution is -0.123. The minimum absolute atomic E-state index is 0.131.